The monoisotopic (exact) mass is 362 g/mol. The summed E-state index contributed by atoms with van der Waals surface area (Å²) in [5.41, 5.74) is 0. The zero-order valence-electron chi connectivity index (χ0n) is 15.9. The molecule has 2 heterocycles. The molecular formula is C20H34N4O2. The molecule has 0 bridgehead atoms. The van der Waals surface area contributed by atoms with E-state index >= 15 is 0 Å². The van der Waals surface area contributed by atoms with Crippen molar-refractivity contribution in [3.8, 4) is 0 Å². The highest BCUT2D eigenvalue weighted by Crippen LogP contribution is 2.17. The van der Waals surface area contributed by atoms with E-state index in [0.717, 1.165) is 70.5 Å². The van der Waals surface area contributed by atoms with Crippen LogP contribution in [0.3, 0.4) is 0 Å². The Morgan fingerprint density at radius 1 is 1.19 bits per heavy atom. The van der Waals surface area contributed by atoms with Crippen LogP contribution in [0.2, 0.25) is 0 Å². The van der Waals surface area contributed by atoms with Gasteiger partial charge in [0.1, 0.15) is 5.76 Å². The summed E-state index contributed by atoms with van der Waals surface area (Å²) in [5, 5.41) is 7.14. The van der Waals surface area contributed by atoms with Crippen LogP contribution in [0, 0.1) is 0 Å². The molecule has 1 aliphatic heterocycles. The number of ether oxygens (including phenoxy) is 1. The number of rotatable bonds is 8. The molecule has 2 aliphatic rings. The topological polar surface area (TPSA) is 62.0 Å². The minimum atomic E-state index is 0.567. The summed E-state index contributed by atoms with van der Waals surface area (Å²) in [7, 11) is 0. The molecule has 6 nitrogen and oxygen atoms in total. The maximum absolute atomic E-state index is 5.41. The van der Waals surface area contributed by atoms with E-state index in [0.29, 0.717) is 6.04 Å². The van der Waals surface area contributed by atoms with Crippen molar-refractivity contribution in [3.05, 3.63) is 24.2 Å². The first-order chi connectivity index (χ1) is 12.9. The molecule has 1 aliphatic carbocycles. The van der Waals surface area contributed by atoms with Gasteiger partial charge in [0, 0.05) is 45.2 Å². The Morgan fingerprint density at radius 3 is 2.81 bits per heavy atom. The molecule has 0 radical (unpaired) electrons. The van der Waals surface area contributed by atoms with Crippen LogP contribution < -0.4 is 10.6 Å². The third-order valence-electron chi connectivity index (χ3n) is 5.20. The molecular weight excluding hydrogens is 328 g/mol. The maximum Gasteiger partial charge on any atom is 0.191 e. The molecule has 0 amide bonds. The lowest BCUT2D eigenvalue weighted by atomic mass is 9.96. The van der Waals surface area contributed by atoms with Gasteiger partial charge in [-0.3, -0.25) is 9.89 Å². The van der Waals surface area contributed by atoms with Gasteiger partial charge in [-0.25, -0.2) is 0 Å². The summed E-state index contributed by atoms with van der Waals surface area (Å²) >= 11 is 0. The largest absolute Gasteiger partial charge is 0.469 e. The molecule has 146 valence electrons. The lowest BCUT2D eigenvalue weighted by Gasteiger charge is -2.26. The van der Waals surface area contributed by atoms with Crippen molar-refractivity contribution in [2.45, 2.75) is 51.0 Å². The average molecular weight is 363 g/mol. The Hall–Kier alpha value is -1.53. The number of morpholine rings is 1. The van der Waals surface area contributed by atoms with E-state index in [-0.39, 0.29) is 0 Å². The smallest absolute Gasteiger partial charge is 0.191 e. The van der Waals surface area contributed by atoms with Gasteiger partial charge < -0.3 is 19.8 Å². The van der Waals surface area contributed by atoms with Gasteiger partial charge in [-0.15, -0.1) is 0 Å². The molecule has 1 saturated carbocycles. The first-order valence-electron chi connectivity index (χ1n) is 10.3. The van der Waals surface area contributed by atoms with Gasteiger partial charge >= 0.3 is 0 Å². The molecule has 0 unspecified atom stereocenters. The van der Waals surface area contributed by atoms with Gasteiger partial charge in [0.25, 0.3) is 0 Å². The van der Waals surface area contributed by atoms with E-state index < -0.39 is 0 Å². The first-order valence-corrected chi connectivity index (χ1v) is 10.3. The highest BCUT2D eigenvalue weighted by molar-refractivity contribution is 5.80. The SMILES string of the molecule is c1coc(CCNC(=NCCCN2CCOCC2)NC2CCCCC2)c1. The molecule has 2 fully saturated rings. The quantitative estimate of drug-likeness (QED) is 0.422. The van der Waals surface area contributed by atoms with Crippen LogP contribution in [0.5, 0.6) is 0 Å². The van der Waals surface area contributed by atoms with Crippen molar-refractivity contribution in [1.29, 1.82) is 0 Å². The van der Waals surface area contributed by atoms with Crippen molar-refractivity contribution in [3.63, 3.8) is 0 Å². The van der Waals surface area contributed by atoms with Gasteiger partial charge in [-0.2, -0.15) is 0 Å². The van der Waals surface area contributed by atoms with Crippen molar-refractivity contribution in [2.75, 3.05) is 45.9 Å². The normalized spacial score (nSPS) is 20.2. The van der Waals surface area contributed by atoms with Gasteiger partial charge in [0.05, 0.1) is 19.5 Å². The van der Waals surface area contributed by atoms with E-state index in [1.165, 1.54) is 32.1 Å². The van der Waals surface area contributed by atoms with Crippen LogP contribution in [0.15, 0.2) is 27.8 Å². The molecule has 0 atom stereocenters. The van der Waals surface area contributed by atoms with E-state index in [4.69, 9.17) is 14.1 Å². The van der Waals surface area contributed by atoms with Crippen LogP contribution in [-0.4, -0.2) is 62.8 Å². The molecule has 0 aromatic carbocycles. The van der Waals surface area contributed by atoms with Crippen molar-refractivity contribution in [1.82, 2.24) is 15.5 Å². The minimum absolute atomic E-state index is 0.567. The van der Waals surface area contributed by atoms with Crippen molar-refractivity contribution >= 4 is 5.96 Å². The number of nitrogens with zero attached hydrogens (tertiary/aromatic N) is 2. The first kappa shape index (κ1) is 19.2. The molecule has 0 spiro atoms. The number of hydrogen-bond acceptors (Lipinski definition) is 4. The van der Waals surface area contributed by atoms with E-state index in [2.05, 4.69) is 15.5 Å². The standard InChI is InChI=1S/C20H34N4O2/c1-2-6-18(7-3-1)23-20(22-11-9-19-8-4-15-26-19)21-10-5-12-24-13-16-25-17-14-24/h4,8,15,18H,1-3,5-7,9-14,16-17H2,(H2,21,22,23). The van der Waals surface area contributed by atoms with Crippen molar-refractivity contribution in [2.24, 2.45) is 4.99 Å². The van der Waals surface area contributed by atoms with Gasteiger partial charge in [-0.05, 0) is 31.4 Å². The second-order valence-corrected chi connectivity index (χ2v) is 7.27. The van der Waals surface area contributed by atoms with Crippen LogP contribution in [0.4, 0.5) is 0 Å². The zero-order chi connectivity index (χ0) is 17.9. The van der Waals surface area contributed by atoms with Gasteiger partial charge in [0.2, 0.25) is 0 Å². The highest BCUT2D eigenvalue weighted by atomic mass is 16.5. The fourth-order valence-corrected chi connectivity index (χ4v) is 3.66. The lowest BCUT2D eigenvalue weighted by Crippen LogP contribution is -2.45. The number of nitrogens with one attached hydrogen (secondary N) is 2. The number of guanidine groups is 1. The summed E-state index contributed by atoms with van der Waals surface area (Å²) < 4.78 is 10.8. The molecule has 26 heavy (non-hydrogen) atoms. The van der Waals surface area contributed by atoms with E-state index in [9.17, 15) is 0 Å². The molecule has 1 saturated heterocycles. The van der Waals surface area contributed by atoms with Crippen LogP contribution >= 0.6 is 0 Å². The summed E-state index contributed by atoms with van der Waals surface area (Å²) in [6, 6.07) is 4.53. The van der Waals surface area contributed by atoms with Gasteiger partial charge in [-0.1, -0.05) is 19.3 Å². The Morgan fingerprint density at radius 2 is 2.04 bits per heavy atom. The maximum atomic E-state index is 5.41. The third-order valence-corrected chi connectivity index (χ3v) is 5.20. The molecule has 2 N–H and O–H groups in total. The number of aliphatic imine (C=N–C) groups is 1. The summed E-state index contributed by atoms with van der Waals surface area (Å²) in [6.45, 7) is 6.65. The second-order valence-electron chi connectivity index (χ2n) is 7.27. The third kappa shape index (κ3) is 7.00. The Bertz CT molecular complexity index is 506. The van der Waals surface area contributed by atoms with Crippen LogP contribution in [0.25, 0.3) is 0 Å². The summed E-state index contributed by atoms with van der Waals surface area (Å²) in [4.78, 5) is 7.30. The summed E-state index contributed by atoms with van der Waals surface area (Å²) in [6.07, 6.45) is 10.2. The fourth-order valence-electron chi connectivity index (χ4n) is 3.66. The molecule has 6 heteroatoms. The number of furan rings is 1. The predicted octanol–water partition coefficient (Wildman–Crippen LogP) is 2.41. The minimum Gasteiger partial charge on any atom is -0.469 e. The van der Waals surface area contributed by atoms with E-state index in [1.807, 2.05) is 12.1 Å². The van der Waals surface area contributed by atoms with Crippen LogP contribution in [-0.2, 0) is 11.2 Å². The Kier molecular flexibility index (Phi) is 8.32. The Labute approximate surface area is 157 Å². The molecule has 1 aromatic heterocycles. The average Bonchev–Trinajstić information content (AvgIpc) is 3.20. The summed E-state index contributed by atoms with van der Waals surface area (Å²) in [5.74, 6) is 1.98. The molecule has 3 rings (SSSR count). The van der Waals surface area contributed by atoms with Gasteiger partial charge in [0.15, 0.2) is 5.96 Å². The highest BCUT2D eigenvalue weighted by Gasteiger charge is 2.15. The lowest BCUT2D eigenvalue weighted by molar-refractivity contribution is 0.0377. The Balaban J connectivity index is 1.42. The number of hydrogen-bond donors (Lipinski definition) is 2. The predicted molar refractivity (Wildman–Crippen MR) is 105 cm³/mol. The molecule has 1 aromatic rings. The van der Waals surface area contributed by atoms with E-state index in [1.54, 1.807) is 6.26 Å². The fraction of sp³-hybridized carbons (Fsp3) is 0.750. The zero-order valence-corrected chi connectivity index (χ0v) is 15.9. The second kappa shape index (κ2) is 11.2. The van der Waals surface area contributed by atoms with Crippen LogP contribution in [0.1, 0.15) is 44.3 Å². The van der Waals surface area contributed by atoms with Crippen molar-refractivity contribution < 1.29 is 9.15 Å².